The zero-order valence-corrected chi connectivity index (χ0v) is 23.2. The number of alkyl halides is 3. The van der Waals surface area contributed by atoms with Gasteiger partial charge in [0, 0.05) is 36.0 Å². The summed E-state index contributed by atoms with van der Waals surface area (Å²) in [5.41, 5.74) is -2.65. The summed E-state index contributed by atoms with van der Waals surface area (Å²) in [5.74, 6) is 0.0306. The first-order valence-electron chi connectivity index (χ1n) is 13.0. The van der Waals surface area contributed by atoms with Gasteiger partial charge in [-0.05, 0) is 31.9 Å². The van der Waals surface area contributed by atoms with Crippen molar-refractivity contribution < 1.29 is 22.6 Å². The highest BCUT2D eigenvalue weighted by molar-refractivity contribution is 5.65. The van der Waals surface area contributed by atoms with Gasteiger partial charge >= 0.3 is 6.18 Å². The number of nitrogens with zero attached hydrogens (tertiary/aromatic N) is 4. The van der Waals surface area contributed by atoms with Crippen molar-refractivity contribution in [2.45, 2.75) is 58.2 Å². The maximum atomic E-state index is 13.9. The number of ether oxygens (including phenoxy) is 2. The molecule has 0 saturated heterocycles. The van der Waals surface area contributed by atoms with Gasteiger partial charge in [-0.1, -0.05) is 63.1 Å². The fraction of sp³-hybridized carbons (Fsp3) is 0.387. The third-order valence-corrected chi connectivity index (χ3v) is 6.44. The predicted molar refractivity (Wildman–Crippen MR) is 149 cm³/mol. The van der Waals surface area contributed by atoms with Crippen LogP contribution in [0.2, 0.25) is 0 Å². The number of hydrogen-bond acceptors (Lipinski definition) is 6. The number of halogens is 3. The standard InChI is InChI=1S/C31H33F3N4O2/c1-5-7-17-38(18-8-6-2)25-16-15-23(28(19-25)39-4)13-11-9-10-12-14-27-26(22-37)29(24(20-35)21-36)40-30(27,3)31(32,33)34/h9-16,19H,5-8,17-18H2,1-4H3. The molecule has 1 atom stereocenters. The van der Waals surface area contributed by atoms with Crippen molar-refractivity contribution in [2.24, 2.45) is 0 Å². The molecule has 1 unspecified atom stereocenters. The molecule has 0 fully saturated rings. The monoisotopic (exact) mass is 550 g/mol. The molecule has 0 aromatic heterocycles. The van der Waals surface area contributed by atoms with Crippen LogP contribution in [-0.2, 0) is 4.74 Å². The summed E-state index contributed by atoms with van der Waals surface area (Å²) in [6, 6.07) is 10.6. The first-order chi connectivity index (χ1) is 19.1. The molecule has 9 heteroatoms. The molecule has 0 spiro atoms. The molecule has 1 aromatic carbocycles. The molecule has 0 radical (unpaired) electrons. The normalized spacial score (nSPS) is 17.2. The van der Waals surface area contributed by atoms with Crippen LogP contribution in [0.5, 0.6) is 5.75 Å². The van der Waals surface area contributed by atoms with Gasteiger partial charge < -0.3 is 14.4 Å². The van der Waals surface area contributed by atoms with Crippen molar-refractivity contribution in [3.63, 3.8) is 0 Å². The Morgan fingerprint density at radius 3 is 2.10 bits per heavy atom. The lowest BCUT2D eigenvalue weighted by atomic mass is 9.92. The summed E-state index contributed by atoms with van der Waals surface area (Å²) in [5, 5.41) is 27.7. The van der Waals surface area contributed by atoms with Crippen LogP contribution in [0, 0.1) is 34.0 Å². The minimum absolute atomic E-state index is 0.484. The van der Waals surface area contributed by atoms with E-state index in [0.29, 0.717) is 5.75 Å². The fourth-order valence-electron chi connectivity index (χ4n) is 4.08. The Morgan fingerprint density at radius 1 is 1.00 bits per heavy atom. The minimum atomic E-state index is -4.90. The molecule has 0 N–H and O–H groups in total. The molecule has 210 valence electrons. The van der Waals surface area contributed by atoms with Crippen molar-refractivity contribution in [1.82, 2.24) is 0 Å². The van der Waals surface area contributed by atoms with E-state index >= 15 is 0 Å². The molecule has 6 nitrogen and oxygen atoms in total. The number of allylic oxidation sites excluding steroid dienone is 6. The molecule has 1 aromatic rings. The average molecular weight is 551 g/mol. The number of hydrogen-bond donors (Lipinski definition) is 0. The van der Waals surface area contributed by atoms with Crippen LogP contribution in [0.3, 0.4) is 0 Å². The summed E-state index contributed by atoms with van der Waals surface area (Å²) in [6.07, 6.45) is 8.62. The van der Waals surface area contributed by atoms with Crippen molar-refractivity contribution in [3.8, 4) is 24.0 Å². The van der Waals surface area contributed by atoms with Crippen LogP contribution in [0.25, 0.3) is 6.08 Å². The highest BCUT2D eigenvalue weighted by atomic mass is 19.4. The molecule has 0 saturated carbocycles. The van der Waals surface area contributed by atoms with Gasteiger partial charge in [0.15, 0.2) is 11.3 Å². The Balaban J connectivity index is 2.30. The molecule has 1 heterocycles. The largest absolute Gasteiger partial charge is 0.496 e. The summed E-state index contributed by atoms with van der Waals surface area (Å²) >= 11 is 0. The number of benzene rings is 1. The van der Waals surface area contributed by atoms with Crippen molar-refractivity contribution >= 4 is 11.8 Å². The highest BCUT2D eigenvalue weighted by Gasteiger charge is 2.60. The topological polar surface area (TPSA) is 93.1 Å². The molecular weight excluding hydrogens is 517 g/mol. The number of unbranched alkanes of at least 4 members (excludes halogenated alkanes) is 2. The van der Waals surface area contributed by atoms with Crippen molar-refractivity contribution in [1.29, 1.82) is 15.8 Å². The fourth-order valence-corrected chi connectivity index (χ4v) is 4.08. The van der Waals surface area contributed by atoms with Gasteiger partial charge in [-0.25, -0.2) is 0 Å². The van der Waals surface area contributed by atoms with E-state index < -0.39 is 34.3 Å². The van der Waals surface area contributed by atoms with Gasteiger partial charge in [-0.2, -0.15) is 29.0 Å². The molecule has 2 rings (SSSR count). The quantitative estimate of drug-likeness (QED) is 0.196. The Bertz CT molecular complexity index is 1310. The first kappa shape index (κ1) is 31.8. The minimum Gasteiger partial charge on any atom is -0.496 e. The Morgan fingerprint density at radius 2 is 1.60 bits per heavy atom. The lowest BCUT2D eigenvalue weighted by Gasteiger charge is -2.28. The maximum absolute atomic E-state index is 13.9. The SMILES string of the molecule is CCCCN(CCCC)c1ccc(C=CC=CC=CC2=C(C#N)C(=C(C#N)C#N)OC2(C)C(F)(F)F)c(OC)c1. The lowest BCUT2D eigenvalue weighted by molar-refractivity contribution is -0.236. The van der Waals surface area contributed by atoms with E-state index in [-0.39, 0.29) is 0 Å². The van der Waals surface area contributed by atoms with Gasteiger partial charge in [0.25, 0.3) is 0 Å². The number of methoxy groups -OCH3 is 1. The number of nitriles is 3. The van der Waals surface area contributed by atoms with Crippen molar-refractivity contribution in [3.05, 3.63) is 76.6 Å². The molecule has 0 aliphatic carbocycles. The zero-order valence-electron chi connectivity index (χ0n) is 23.2. The van der Waals surface area contributed by atoms with Crippen LogP contribution >= 0.6 is 0 Å². The number of rotatable bonds is 12. The average Bonchev–Trinajstić information content (AvgIpc) is 3.23. The Kier molecular flexibility index (Phi) is 11.7. The van der Waals surface area contributed by atoms with Crippen LogP contribution < -0.4 is 9.64 Å². The summed E-state index contributed by atoms with van der Waals surface area (Å²) in [6.45, 7) is 7.03. The molecule has 0 amide bonds. The van der Waals surface area contributed by atoms with Gasteiger partial charge in [-0.15, -0.1) is 0 Å². The first-order valence-corrected chi connectivity index (χ1v) is 13.0. The van der Waals surface area contributed by atoms with Gasteiger partial charge in [-0.3, -0.25) is 0 Å². The molecule has 0 bridgehead atoms. The van der Waals surface area contributed by atoms with E-state index in [2.05, 4.69) is 18.7 Å². The Labute approximate surface area is 234 Å². The molecule has 40 heavy (non-hydrogen) atoms. The van der Waals surface area contributed by atoms with E-state index in [0.717, 1.165) is 63.0 Å². The zero-order chi connectivity index (χ0) is 29.8. The smallest absolute Gasteiger partial charge is 0.432 e. The molecular formula is C31H33F3N4O2. The molecule has 1 aliphatic heterocycles. The second-order valence-electron chi connectivity index (χ2n) is 9.18. The van der Waals surface area contributed by atoms with Crippen LogP contribution in [0.1, 0.15) is 52.0 Å². The second kappa shape index (κ2) is 14.7. The van der Waals surface area contributed by atoms with Crippen LogP contribution in [0.4, 0.5) is 18.9 Å². The van der Waals surface area contributed by atoms with E-state index in [1.807, 2.05) is 24.3 Å². The van der Waals surface area contributed by atoms with E-state index in [4.69, 9.17) is 20.0 Å². The van der Waals surface area contributed by atoms with E-state index in [9.17, 15) is 18.4 Å². The number of anilines is 1. The van der Waals surface area contributed by atoms with Gasteiger partial charge in [0.2, 0.25) is 5.60 Å². The highest BCUT2D eigenvalue weighted by Crippen LogP contribution is 2.49. The van der Waals surface area contributed by atoms with Crippen LogP contribution in [-0.4, -0.2) is 32.0 Å². The third kappa shape index (κ3) is 7.36. The lowest BCUT2D eigenvalue weighted by Crippen LogP contribution is -2.43. The summed E-state index contributed by atoms with van der Waals surface area (Å²) in [7, 11) is 1.60. The van der Waals surface area contributed by atoms with Crippen molar-refractivity contribution in [2.75, 3.05) is 25.1 Å². The van der Waals surface area contributed by atoms with E-state index in [1.165, 1.54) is 24.3 Å². The van der Waals surface area contributed by atoms with E-state index in [1.54, 1.807) is 25.3 Å². The maximum Gasteiger partial charge on any atom is 0.432 e. The second-order valence-corrected chi connectivity index (χ2v) is 9.18. The van der Waals surface area contributed by atoms with Crippen LogP contribution in [0.15, 0.2) is 71.1 Å². The molecule has 1 aliphatic rings. The summed E-state index contributed by atoms with van der Waals surface area (Å²) < 4.78 is 52.3. The van der Waals surface area contributed by atoms with Gasteiger partial charge in [0.1, 0.15) is 29.5 Å². The third-order valence-electron chi connectivity index (χ3n) is 6.44. The Hall–Kier alpha value is -4.42. The van der Waals surface area contributed by atoms with Gasteiger partial charge in [0.05, 0.1) is 7.11 Å². The summed E-state index contributed by atoms with van der Waals surface area (Å²) in [4.78, 5) is 2.36. The predicted octanol–water partition coefficient (Wildman–Crippen LogP) is 7.70.